The lowest BCUT2D eigenvalue weighted by Crippen LogP contribution is -2.44. The van der Waals surface area contributed by atoms with E-state index in [4.69, 9.17) is 0 Å². The summed E-state index contributed by atoms with van der Waals surface area (Å²) >= 11 is 0. The van der Waals surface area contributed by atoms with Gasteiger partial charge in [0, 0.05) is 24.8 Å². The largest absolute Gasteiger partial charge is 0.356 e. The summed E-state index contributed by atoms with van der Waals surface area (Å²) in [5.41, 5.74) is 0.994. The fraction of sp³-hybridized carbons (Fsp3) is 0.538. The molecule has 0 spiro atoms. The Labute approximate surface area is 107 Å². The van der Waals surface area contributed by atoms with Crippen LogP contribution in [0.1, 0.15) is 33.7 Å². The number of hydrogen-bond acceptors (Lipinski definition) is 3. The summed E-state index contributed by atoms with van der Waals surface area (Å²) in [6.45, 7) is 2.04. The van der Waals surface area contributed by atoms with Crippen molar-refractivity contribution in [1.82, 2.24) is 14.8 Å². The van der Waals surface area contributed by atoms with E-state index in [1.54, 1.807) is 17.2 Å². The second-order valence-corrected chi connectivity index (χ2v) is 4.92. The Bertz CT molecular complexity index is 433. The van der Waals surface area contributed by atoms with Gasteiger partial charge in [0.1, 0.15) is 5.69 Å². The van der Waals surface area contributed by atoms with Crippen molar-refractivity contribution in [2.45, 2.75) is 18.9 Å². The predicted molar refractivity (Wildman–Crippen MR) is 68.8 cm³/mol. The molecule has 0 aliphatic carbocycles. The Morgan fingerprint density at radius 3 is 2.72 bits per heavy atom. The highest BCUT2D eigenvalue weighted by Crippen LogP contribution is 2.16. The van der Waals surface area contributed by atoms with Gasteiger partial charge in [0.05, 0.1) is 0 Å². The van der Waals surface area contributed by atoms with E-state index in [0.717, 1.165) is 32.2 Å². The Morgan fingerprint density at radius 2 is 2.17 bits per heavy atom. The van der Waals surface area contributed by atoms with Gasteiger partial charge in [-0.15, -0.1) is 0 Å². The molecular formula is C13H19N3O2. The Morgan fingerprint density at radius 1 is 1.50 bits per heavy atom. The van der Waals surface area contributed by atoms with E-state index in [-0.39, 0.29) is 11.9 Å². The highest BCUT2D eigenvalue weighted by Gasteiger charge is 2.25. The van der Waals surface area contributed by atoms with Crippen molar-refractivity contribution in [1.29, 1.82) is 0 Å². The van der Waals surface area contributed by atoms with Crippen LogP contribution in [0.25, 0.3) is 0 Å². The molecule has 2 heterocycles. The molecule has 1 aromatic heterocycles. The van der Waals surface area contributed by atoms with Gasteiger partial charge >= 0.3 is 0 Å². The molecule has 1 aliphatic rings. The van der Waals surface area contributed by atoms with Gasteiger partial charge in [-0.1, -0.05) is 0 Å². The minimum absolute atomic E-state index is 0.0438. The maximum atomic E-state index is 12.2. The van der Waals surface area contributed by atoms with Crippen LogP contribution in [0.15, 0.2) is 12.3 Å². The number of carbonyl (C=O) groups excluding carboxylic acids is 2. The van der Waals surface area contributed by atoms with Gasteiger partial charge in [-0.3, -0.25) is 9.59 Å². The number of H-pyrrole nitrogens is 1. The Hall–Kier alpha value is -1.62. The summed E-state index contributed by atoms with van der Waals surface area (Å²) in [6.07, 6.45) is 4.30. The third-order valence-corrected chi connectivity index (χ3v) is 3.63. The van der Waals surface area contributed by atoms with Gasteiger partial charge in [-0.05, 0) is 39.0 Å². The molecule has 5 heteroatoms. The van der Waals surface area contributed by atoms with E-state index in [1.807, 2.05) is 7.05 Å². The van der Waals surface area contributed by atoms with Crippen LogP contribution in [0, 0.1) is 0 Å². The number of aldehydes is 1. The van der Waals surface area contributed by atoms with Crippen molar-refractivity contribution in [3.05, 3.63) is 23.5 Å². The fourth-order valence-electron chi connectivity index (χ4n) is 2.34. The average Bonchev–Trinajstić information content (AvgIpc) is 2.86. The highest BCUT2D eigenvalue weighted by molar-refractivity contribution is 5.94. The molecule has 0 saturated carbocycles. The lowest BCUT2D eigenvalue weighted by atomic mass is 10.0. The van der Waals surface area contributed by atoms with Gasteiger partial charge in [0.25, 0.3) is 5.91 Å². The summed E-state index contributed by atoms with van der Waals surface area (Å²) in [6, 6.07) is 1.89. The second-order valence-electron chi connectivity index (χ2n) is 4.92. The number of nitrogens with zero attached hydrogens (tertiary/aromatic N) is 2. The number of amides is 1. The molecule has 2 rings (SSSR count). The van der Waals surface area contributed by atoms with Crippen LogP contribution in [0.3, 0.4) is 0 Å². The number of aromatic amines is 1. The number of rotatable bonds is 3. The molecule has 1 fully saturated rings. The highest BCUT2D eigenvalue weighted by atomic mass is 16.2. The SMILES string of the molecule is CN1CCC(N(C)C(=O)c2cc(C=O)c[nH]2)CC1. The third-order valence-electron chi connectivity index (χ3n) is 3.63. The van der Waals surface area contributed by atoms with Gasteiger partial charge in [0.15, 0.2) is 6.29 Å². The van der Waals surface area contributed by atoms with Gasteiger partial charge < -0.3 is 14.8 Å². The van der Waals surface area contributed by atoms with Crippen molar-refractivity contribution in [3.63, 3.8) is 0 Å². The van der Waals surface area contributed by atoms with E-state index in [0.29, 0.717) is 11.3 Å². The molecule has 1 aliphatic heterocycles. The fourth-order valence-corrected chi connectivity index (χ4v) is 2.34. The van der Waals surface area contributed by atoms with Crippen LogP contribution in [-0.4, -0.2) is 60.2 Å². The molecule has 0 atom stereocenters. The first-order valence-electron chi connectivity index (χ1n) is 6.21. The van der Waals surface area contributed by atoms with Crippen molar-refractivity contribution < 1.29 is 9.59 Å². The van der Waals surface area contributed by atoms with E-state index in [9.17, 15) is 9.59 Å². The van der Waals surface area contributed by atoms with Crippen molar-refractivity contribution in [2.75, 3.05) is 27.2 Å². The molecule has 1 amide bonds. The smallest absolute Gasteiger partial charge is 0.270 e. The van der Waals surface area contributed by atoms with Crippen LogP contribution in [0.5, 0.6) is 0 Å². The van der Waals surface area contributed by atoms with E-state index in [1.165, 1.54) is 0 Å². The Balaban J connectivity index is 2.02. The minimum atomic E-state index is -0.0438. The average molecular weight is 249 g/mol. The third kappa shape index (κ3) is 2.61. The zero-order chi connectivity index (χ0) is 13.1. The number of piperidine rings is 1. The molecule has 1 saturated heterocycles. The molecule has 1 aromatic rings. The molecule has 0 unspecified atom stereocenters. The van der Waals surface area contributed by atoms with Crippen LogP contribution in [-0.2, 0) is 0 Å². The molecule has 98 valence electrons. The first-order chi connectivity index (χ1) is 8.61. The summed E-state index contributed by atoms with van der Waals surface area (Å²) < 4.78 is 0. The summed E-state index contributed by atoms with van der Waals surface area (Å²) in [5.74, 6) is -0.0438. The van der Waals surface area contributed by atoms with Crippen molar-refractivity contribution in [3.8, 4) is 0 Å². The van der Waals surface area contributed by atoms with Gasteiger partial charge in [0.2, 0.25) is 0 Å². The number of hydrogen-bond donors (Lipinski definition) is 1. The maximum Gasteiger partial charge on any atom is 0.270 e. The Kier molecular flexibility index (Phi) is 3.81. The van der Waals surface area contributed by atoms with E-state index >= 15 is 0 Å². The number of carbonyl (C=O) groups is 2. The zero-order valence-electron chi connectivity index (χ0n) is 10.8. The molecule has 0 aromatic carbocycles. The van der Waals surface area contributed by atoms with E-state index < -0.39 is 0 Å². The molecule has 0 radical (unpaired) electrons. The summed E-state index contributed by atoms with van der Waals surface area (Å²) in [5, 5.41) is 0. The summed E-state index contributed by atoms with van der Waals surface area (Å²) in [4.78, 5) is 29.7. The summed E-state index contributed by atoms with van der Waals surface area (Å²) in [7, 11) is 3.93. The van der Waals surface area contributed by atoms with Crippen LogP contribution < -0.4 is 0 Å². The normalized spacial score (nSPS) is 17.7. The molecular weight excluding hydrogens is 230 g/mol. The first kappa shape index (κ1) is 12.8. The monoisotopic (exact) mass is 249 g/mol. The first-order valence-corrected chi connectivity index (χ1v) is 6.21. The molecule has 18 heavy (non-hydrogen) atoms. The number of aromatic nitrogens is 1. The van der Waals surface area contributed by atoms with E-state index in [2.05, 4.69) is 16.9 Å². The lowest BCUT2D eigenvalue weighted by molar-refractivity contribution is 0.0654. The van der Waals surface area contributed by atoms with Crippen molar-refractivity contribution in [2.24, 2.45) is 0 Å². The van der Waals surface area contributed by atoms with Gasteiger partial charge in [-0.25, -0.2) is 0 Å². The number of likely N-dealkylation sites (tertiary alicyclic amines) is 1. The zero-order valence-corrected chi connectivity index (χ0v) is 10.8. The maximum absolute atomic E-state index is 12.2. The molecule has 0 bridgehead atoms. The van der Waals surface area contributed by atoms with Crippen LogP contribution in [0.4, 0.5) is 0 Å². The second kappa shape index (κ2) is 5.35. The van der Waals surface area contributed by atoms with Crippen molar-refractivity contribution >= 4 is 12.2 Å². The van der Waals surface area contributed by atoms with Gasteiger partial charge in [-0.2, -0.15) is 0 Å². The van der Waals surface area contributed by atoms with Crippen LogP contribution in [0.2, 0.25) is 0 Å². The van der Waals surface area contributed by atoms with Crippen LogP contribution >= 0.6 is 0 Å². The molecule has 1 N–H and O–H groups in total. The predicted octanol–water partition coefficient (Wildman–Crippen LogP) is 0.993. The minimum Gasteiger partial charge on any atom is -0.356 e. The lowest BCUT2D eigenvalue weighted by Gasteiger charge is -2.34. The quantitative estimate of drug-likeness (QED) is 0.813. The number of nitrogens with one attached hydrogen (secondary N) is 1. The molecule has 5 nitrogen and oxygen atoms in total. The topological polar surface area (TPSA) is 56.4 Å². The standard InChI is InChI=1S/C13H19N3O2/c1-15-5-3-11(4-6-15)16(2)13(18)12-7-10(9-17)8-14-12/h7-9,11,14H,3-6H2,1-2H3.